The van der Waals surface area contributed by atoms with E-state index in [0.717, 1.165) is 14.9 Å². The molecule has 0 saturated carbocycles. The van der Waals surface area contributed by atoms with Crippen LogP contribution in [0.25, 0.3) is 10.2 Å². The predicted molar refractivity (Wildman–Crippen MR) is 109 cm³/mol. The molecule has 0 atom stereocenters. The molecule has 2 amide bonds. The highest BCUT2D eigenvalue weighted by Gasteiger charge is 2.14. The van der Waals surface area contributed by atoms with E-state index in [4.69, 9.17) is 0 Å². The zero-order valence-corrected chi connectivity index (χ0v) is 17.1. The van der Waals surface area contributed by atoms with Crippen molar-refractivity contribution in [2.45, 2.75) is 20.4 Å². The molecule has 0 aliphatic heterocycles. The lowest BCUT2D eigenvalue weighted by Gasteiger charge is -2.09. The number of rotatable bonds is 5. The molecule has 140 valence electrons. The predicted octanol–water partition coefficient (Wildman–Crippen LogP) is 2.59. The number of nitrogens with zero attached hydrogens (tertiary/aromatic N) is 2. The van der Waals surface area contributed by atoms with E-state index in [1.54, 1.807) is 18.2 Å². The lowest BCUT2D eigenvalue weighted by Crippen LogP contribution is -2.37. The first-order valence-electron chi connectivity index (χ1n) is 8.13. The summed E-state index contributed by atoms with van der Waals surface area (Å²) >= 11 is 4.79. The van der Waals surface area contributed by atoms with Gasteiger partial charge in [0.15, 0.2) is 0 Å². The Morgan fingerprint density at radius 2 is 1.96 bits per heavy atom. The number of aryl methyl sites for hydroxylation is 2. The van der Waals surface area contributed by atoms with Crippen molar-refractivity contribution in [3.05, 3.63) is 55.9 Å². The zero-order valence-electron chi connectivity index (χ0n) is 14.7. The smallest absolute Gasteiger partial charge is 0.262 e. The molecule has 0 spiro atoms. The van der Waals surface area contributed by atoms with Gasteiger partial charge in [-0.2, -0.15) is 0 Å². The van der Waals surface area contributed by atoms with Crippen LogP contribution in [0.15, 0.2) is 39.9 Å². The Hall–Kier alpha value is -2.52. The second-order valence-corrected chi connectivity index (χ2v) is 8.00. The van der Waals surface area contributed by atoms with Crippen molar-refractivity contribution in [1.82, 2.24) is 14.9 Å². The average Bonchev–Trinajstić information content (AvgIpc) is 2.92. The van der Waals surface area contributed by atoms with E-state index in [1.165, 1.54) is 22.2 Å². The van der Waals surface area contributed by atoms with Gasteiger partial charge in [-0.1, -0.05) is 12.1 Å². The number of fused-ring (bicyclic) bond motifs is 1. The summed E-state index contributed by atoms with van der Waals surface area (Å²) < 4.78 is 2.00. The van der Waals surface area contributed by atoms with Gasteiger partial charge < -0.3 is 10.6 Å². The molecular weight excluding hydrogens is 432 g/mol. The van der Waals surface area contributed by atoms with Crippen molar-refractivity contribution in [1.29, 1.82) is 0 Å². The van der Waals surface area contributed by atoms with Crippen LogP contribution in [0, 0.1) is 13.8 Å². The molecule has 0 fully saturated rings. The number of amides is 2. The minimum atomic E-state index is -0.440. The van der Waals surface area contributed by atoms with Crippen LogP contribution in [0.1, 0.15) is 10.4 Å². The van der Waals surface area contributed by atoms with Gasteiger partial charge in [-0.15, -0.1) is 11.3 Å². The van der Waals surface area contributed by atoms with Crippen molar-refractivity contribution >= 4 is 55.0 Å². The van der Waals surface area contributed by atoms with Crippen LogP contribution in [0.4, 0.5) is 5.69 Å². The van der Waals surface area contributed by atoms with Gasteiger partial charge in [-0.05, 0) is 47.5 Å². The summed E-state index contributed by atoms with van der Waals surface area (Å²) in [6.45, 7) is 3.41. The van der Waals surface area contributed by atoms with Crippen molar-refractivity contribution in [2.75, 3.05) is 11.9 Å². The van der Waals surface area contributed by atoms with Gasteiger partial charge >= 0.3 is 0 Å². The molecule has 0 aliphatic rings. The quantitative estimate of drug-likeness (QED) is 0.627. The molecule has 2 aromatic heterocycles. The van der Waals surface area contributed by atoms with Gasteiger partial charge in [-0.3, -0.25) is 19.0 Å². The lowest BCUT2D eigenvalue weighted by atomic mass is 10.2. The molecule has 0 radical (unpaired) electrons. The number of para-hydroxylation sites is 1. The zero-order chi connectivity index (χ0) is 19.6. The molecule has 7 nitrogen and oxygen atoms in total. The van der Waals surface area contributed by atoms with Crippen LogP contribution >= 0.6 is 27.3 Å². The number of nitrogens with one attached hydrogen (secondary N) is 2. The topological polar surface area (TPSA) is 93.1 Å². The molecule has 3 rings (SSSR count). The Balaban J connectivity index is 1.63. The number of anilines is 1. The minimum Gasteiger partial charge on any atom is -0.345 e. The first-order valence-corrected chi connectivity index (χ1v) is 9.74. The van der Waals surface area contributed by atoms with Crippen molar-refractivity contribution in [2.24, 2.45) is 0 Å². The van der Waals surface area contributed by atoms with Crippen LogP contribution < -0.4 is 16.2 Å². The Morgan fingerprint density at radius 1 is 1.22 bits per heavy atom. The molecule has 3 aromatic rings. The highest BCUT2D eigenvalue weighted by Crippen LogP contribution is 2.25. The summed E-state index contributed by atoms with van der Waals surface area (Å²) in [5.74, 6) is -0.800. The fourth-order valence-corrected chi connectivity index (χ4v) is 3.90. The number of carbonyl (C=O) groups is 2. The SMILES string of the molecule is Cc1sc2ncn(CC(=O)NCC(=O)Nc3ccccc3Br)c(=O)c2c1C. The van der Waals surface area contributed by atoms with Crippen LogP contribution in [-0.2, 0) is 16.1 Å². The van der Waals surface area contributed by atoms with Gasteiger partial charge in [0.05, 0.1) is 23.9 Å². The van der Waals surface area contributed by atoms with Crippen molar-refractivity contribution in [3.63, 3.8) is 0 Å². The summed E-state index contributed by atoms with van der Waals surface area (Å²) in [6, 6.07) is 7.18. The average molecular weight is 449 g/mol. The Bertz CT molecular complexity index is 1090. The third kappa shape index (κ3) is 4.25. The molecule has 0 aliphatic carbocycles. The molecule has 0 unspecified atom stereocenters. The van der Waals surface area contributed by atoms with Crippen LogP contribution in [0.2, 0.25) is 0 Å². The number of benzene rings is 1. The fourth-order valence-electron chi connectivity index (χ4n) is 2.53. The summed E-state index contributed by atoms with van der Waals surface area (Å²) in [5, 5.41) is 5.75. The van der Waals surface area contributed by atoms with E-state index < -0.39 is 5.91 Å². The molecule has 1 aromatic carbocycles. The highest BCUT2D eigenvalue weighted by atomic mass is 79.9. The van der Waals surface area contributed by atoms with Gasteiger partial charge in [0, 0.05) is 9.35 Å². The van der Waals surface area contributed by atoms with E-state index >= 15 is 0 Å². The molecule has 27 heavy (non-hydrogen) atoms. The summed E-state index contributed by atoms with van der Waals surface area (Å²) in [7, 11) is 0. The number of hydrogen-bond donors (Lipinski definition) is 2. The second kappa shape index (κ2) is 8.01. The lowest BCUT2D eigenvalue weighted by molar-refractivity contribution is -0.124. The monoisotopic (exact) mass is 448 g/mol. The van der Waals surface area contributed by atoms with Crippen LogP contribution in [-0.4, -0.2) is 27.9 Å². The van der Waals surface area contributed by atoms with Gasteiger partial charge in [0.2, 0.25) is 11.8 Å². The normalized spacial score (nSPS) is 10.8. The first-order chi connectivity index (χ1) is 12.9. The van der Waals surface area contributed by atoms with Gasteiger partial charge in [-0.25, -0.2) is 4.98 Å². The Kier molecular flexibility index (Phi) is 5.71. The number of aromatic nitrogens is 2. The summed E-state index contributed by atoms with van der Waals surface area (Å²) in [5.41, 5.74) is 1.25. The number of carbonyl (C=O) groups excluding carboxylic acids is 2. The Labute approximate surface area is 167 Å². The Morgan fingerprint density at radius 3 is 2.70 bits per heavy atom. The minimum absolute atomic E-state index is 0.193. The van der Waals surface area contributed by atoms with Gasteiger partial charge in [0.25, 0.3) is 5.56 Å². The van der Waals surface area contributed by atoms with Crippen LogP contribution in [0.3, 0.4) is 0 Å². The molecule has 0 bridgehead atoms. The molecule has 0 saturated heterocycles. The third-order valence-corrected chi connectivity index (χ3v) is 5.87. The standard InChI is InChI=1S/C18H17BrN4O3S/c1-10-11(2)27-17-16(10)18(26)23(9-21-17)8-15(25)20-7-14(24)22-13-6-4-3-5-12(13)19/h3-6,9H,7-8H2,1-2H3,(H,20,25)(H,22,24). The van der Waals surface area contributed by atoms with Gasteiger partial charge in [0.1, 0.15) is 11.4 Å². The largest absolute Gasteiger partial charge is 0.345 e. The maximum absolute atomic E-state index is 12.6. The van der Waals surface area contributed by atoms with Crippen molar-refractivity contribution in [3.8, 4) is 0 Å². The van der Waals surface area contributed by atoms with E-state index in [-0.39, 0.29) is 24.6 Å². The van der Waals surface area contributed by atoms with E-state index in [9.17, 15) is 14.4 Å². The first kappa shape index (κ1) is 19.2. The molecule has 9 heteroatoms. The third-order valence-electron chi connectivity index (χ3n) is 4.06. The summed E-state index contributed by atoms with van der Waals surface area (Å²) in [6.07, 6.45) is 1.36. The molecular formula is C18H17BrN4O3S. The fraction of sp³-hybridized carbons (Fsp3) is 0.222. The van der Waals surface area contributed by atoms with E-state index in [1.807, 2.05) is 19.9 Å². The molecule has 2 N–H and O–H groups in total. The second-order valence-electron chi connectivity index (χ2n) is 5.95. The highest BCUT2D eigenvalue weighted by molar-refractivity contribution is 9.10. The number of halogens is 1. The van der Waals surface area contributed by atoms with Crippen molar-refractivity contribution < 1.29 is 9.59 Å². The number of thiophene rings is 1. The maximum atomic E-state index is 12.6. The summed E-state index contributed by atoms with van der Waals surface area (Å²) in [4.78, 5) is 42.6. The number of hydrogen-bond acceptors (Lipinski definition) is 5. The van der Waals surface area contributed by atoms with E-state index in [2.05, 4.69) is 31.5 Å². The van der Waals surface area contributed by atoms with Crippen LogP contribution in [0.5, 0.6) is 0 Å². The molecule has 2 heterocycles. The maximum Gasteiger partial charge on any atom is 0.262 e. The van der Waals surface area contributed by atoms with E-state index in [0.29, 0.717) is 15.9 Å².